The molecular formula is C21H23N3O3S2. The van der Waals surface area contributed by atoms with Gasteiger partial charge in [0.2, 0.25) is 5.13 Å². The Hall–Kier alpha value is -2.42. The number of amides is 1. The molecule has 1 heterocycles. The second-order valence-corrected chi connectivity index (χ2v) is 8.34. The van der Waals surface area contributed by atoms with Gasteiger partial charge in [-0.3, -0.25) is 10.1 Å². The molecule has 29 heavy (non-hydrogen) atoms. The minimum atomic E-state index is -0.177. The van der Waals surface area contributed by atoms with Gasteiger partial charge < -0.3 is 9.47 Å². The molecule has 0 fully saturated rings. The fourth-order valence-corrected chi connectivity index (χ4v) is 4.32. The Balaban J connectivity index is 1.57. The van der Waals surface area contributed by atoms with Gasteiger partial charge in [0.15, 0.2) is 0 Å². The number of methoxy groups -OCH3 is 2. The molecule has 0 radical (unpaired) electrons. The van der Waals surface area contributed by atoms with Crippen molar-refractivity contribution >= 4 is 34.1 Å². The van der Waals surface area contributed by atoms with E-state index in [1.807, 2.05) is 48.5 Å². The van der Waals surface area contributed by atoms with E-state index in [0.717, 1.165) is 34.2 Å². The fourth-order valence-electron chi connectivity index (χ4n) is 2.63. The van der Waals surface area contributed by atoms with Gasteiger partial charge in [0.05, 0.1) is 19.3 Å². The number of aryl methyl sites for hydroxylation is 2. The Morgan fingerprint density at radius 3 is 2.62 bits per heavy atom. The molecular weight excluding hydrogens is 406 g/mol. The number of carbonyl (C=O) groups is 1. The number of hydrogen-bond donors (Lipinski definition) is 1. The first kappa shape index (κ1) is 21.3. The van der Waals surface area contributed by atoms with E-state index in [-0.39, 0.29) is 5.91 Å². The lowest BCUT2D eigenvalue weighted by Crippen LogP contribution is -2.13. The molecule has 0 aliphatic carbocycles. The van der Waals surface area contributed by atoms with Crippen LogP contribution in [0.4, 0.5) is 5.13 Å². The molecule has 0 saturated carbocycles. The van der Waals surface area contributed by atoms with Crippen LogP contribution in [0.2, 0.25) is 0 Å². The lowest BCUT2D eigenvalue weighted by molar-refractivity contribution is 0.102. The Morgan fingerprint density at radius 1 is 1.07 bits per heavy atom. The average Bonchev–Trinajstić information content (AvgIpc) is 3.20. The van der Waals surface area contributed by atoms with Gasteiger partial charge in [-0.25, -0.2) is 0 Å². The zero-order valence-corrected chi connectivity index (χ0v) is 18.0. The van der Waals surface area contributed by atoms with E-state index >= 15 is 0 Å². The summed E-state index contributed by atoms with van der Waals surface area (Å²) in [6.45, 7) is 0.634. The first-order valence-electron chi connectivity index (χ1n) is 9.17. The number of nitrogens with zero attached hydrogens (tertiary/aromatic N) is 2. The maximum Gasteiger partial charge on any atom is 0.258 e. The number of aromatic nitrogens is 2. The van der Waals surface area contributed by atoms with E-state index in [4.69, 9.17) is 9.47 Å². The van der Waals surface area contributed by atoms with Crippen LogP contribution in [0.15, 0.2) is 53.4 Å². The van der Waals surface area contributed by atoms with Crippen LogP contribution in [0, 0.1) is 0 Å². The van der Waals surface area contributed by atoms with E-state index in [0.29, 0.717) is 17.3 Å². The highest BCUT2D eigenvalue weighted by Gasteiger charge is 2.14. The Labute approximate surface area is 178 Å². The minimum Gasteiger partial charge on any atom is -0.497 e. The molecule has 6 nitrogen and oxygen atoms in total. The van der Waals surface area contributed by atoms with Crippen LogP contribution >= 0.6 is 23.1 Å². The van der Waals surface area contributed by atoms with Crippen molar-refractivity contribution in [2.75, 3.05) is 31.9 Å². The number of nitrogens with one attached hydrogen (secondary N) is 1. The third kappa shape index (κ3) is 6.28. The van der Waals surface area contributed by atoms with Gasteiger partial charge in [-0.05, 0) is 36.2 Å². The average molecular weight is 430 g/mol. The molecule has 0 aliphatic heterocycles. The van der Waals surface area contributed by atoms with Crippen molar-refractivity contribution in [2.24, 2.45) is 0 Å². The standard InChI is InChI=1S/C21H23N3O3S2/c1-26-13-14-28-18-6-4-3-5-17(18)20(25)22-21-24-23-19(29-21)12-9-15-7-10-16(27-2)11-8-15/h3-8,10-11H,9,12-14H2,1-2H3,(H,22,24,25). The Morgan fingerprint density at radius 2 is 1.86 bits per heavy atom. The monoisotopic (exact) mass is 429 g/mol. The number of thioether (sulfide) groups is 1. The number of rotatable bonds is 10. The van der Waals surface area contributed by atoms with Crippen LogP contribution in [0.25, 0.3) is 0 Å². The molecule has 0 bridgehead atoms. The topological polar surface area (TPSA) is 73.3 Å². The number of ether oxygens (including phenoxy) is 2. The highest BCUT2D eigenvalue weighted by Crippen LogP contribution is 2.24. The van der Waals surface area contributed by atoms with Crippen molar-refractivity contribution in [1.29, 1.82) is 0 Å². The van der Waals surface area contributed by atoms with Crippen molar-refractivity contribution < 1.29 is 14.3 Å². The maximum atomic E-state index is 12.7. The molecule has 3 rings (SSSR count). The summed E-state index contributed by atoms with van der Waals surface area (Å²) in [5, 5.41) is 12.6. The smallest absolute Gasteiger partial charge is 0.258 e. The van der Waals surface area contributed by atoms with Crippen molar-refractivity contribution in [1.82, 2.24) is 10.2 Å². The van der Waals surface area contributed by atoms with Crippen LogP contribution in [-0.2, 0) is 17.6 Å². The summed E-state index contributed by atoms with van der Waals surface area (Å²) >= 11 is 3.00. The second kappa shape index (κ2) is 10.9. The summed E-state index contributed by atoms with van der Waals surface area (Å²) in [5.74, 6) is 1.45. The first-order chi connectivity index (χ1) is 14.2. The third-order valence-corrected chi connectivity index (χ3v) is 6.09. The summed E-state index contributed by atoms with van der Waals surface area (Å²) in [7, 11) is 3.32. The van der Waals surface area contributed by atoms with Gasteiger partial charge in [-0.15, -0.1) is 22.0 Å². The molecule has 1 N–H and O–H groups in total. The third-order valence-electron chi connectivity index (χ3n) is 4.15. The van der Waals surface area contributed by atoms with Crippen LogP contribution in [0.3, 0.4) is 0 Å². The van der Waals surface area contributed by atoms with Gasteiger partial charge in [0, 0.05) is 24.2 Å². The largest absolute Gasteiger partial charge is 0.497 e. The van der Waals surface area contributed by atoms with Crippen LogP contribution in [0.5, 0.6) is 5.75 Å². The van der Waals surface area contributed by atoms with E-state index in [9.17, 15) is 4.79 Å². The van der Waals surface area contributed by atoms with Gasteiger partial charge in [0.25, 0.3) is 5.91 Å². The van der Waals surface area contributed by atoms with Gasteiger partial charge >= 0.3 is 0 Å². The molecule has 152 valence electrons. The summed E-state index contributed by atoms with van der Waals surface area (Å²) in [6, 6.07) is 15.5. The molecule has 0 atom stereocenters. The van der Waals surface area contributed by atoms with Crippen LogP contribution < -0.4 is 10.1 Å². The predicted octanol–water partition coefficient (Wildman–Crippen LogP) is 4.32. The first-order valence-corrected chi connectivity index (χ1v) is 11.0. The number of benzene rings is 2. The molecule has 0 unspecified atom stereocenters. The van der Waals surface area contributed by atoms with Crippen molar-refractivity contribution in [3.05, 3.63) is 64.7 Å². The van der Waals surface area contributed by atoms with E-state index < -0.39 is 0 Å². The second-order valence-electron chi connectivity index (χ2n) is 6.14. The number of anilines is 1. The zero-order valence-electron chi connectivity index (χ0n) is 16.4. The van der Waals surface area contributed by atoms with E-state index in [1.54, 1.807) is 26.0 Å². The Bertz CT molecular complexity index is 929. The lowest BCUT2D eigenvalue weighted by atomic mass is 10.1. The Kier molecular flexibility index (Phi) is 8.03. The predicted molar refractivity (Wildman–Crippen MR) is 117 cm³/mol. The molecule has 0 saturated heterocycles. The van der Waals surface area contributed by atoms with E-state index in [1.165, 1.54) is 16.9 Å². The van der Waals surface area contributed by atoms with Crippen LogP contribution in [0.1, 0.15) is 20.9 Å². The summed E-state index contributed by atoms with van der Waals surface area (Å²) in [6.07, 6.45) is 1.62. The van der Waals surface area contributed by atoms with Gasteiger partial charge in [-0.2, -0.15) is 0 Å². The highest BCUT2D eigenvalue weighted by molar-refractivity contribution is 7.99. The number of hydrogen-bond acceptors (Lipinski definition) is 7. The van der Waals surface area contributed by atoms with Gasteiger partial charge in [0.1, 0.15) is 10.8 Å². The summed E-state index contributed by atoms with van der Waals surface area (Å²) in [5.41, 5.74) is 1.83. The fraction of sp³-hybridized carbons (Fsp3) is 0.286. The molecule has 0 aliphatic rings. The van der Waals surface area contributed by atoms with Crippen molar-refractivity contribution in [3.63, 3.8) is 0 Å². The summed E-state index contributed by atoms with van der Waals surface area (Å²) in [4.78, 5) is 13.6. The number of carbonyl (C=O) groups excluding carboxylic acids is 1. The van der Waals surface area contributed by atoms with Crippen molar-refractivity contribution in [3.8, 4) is 5.75 Å². The lowest BCUT2D eigenvalue weighted by Gasteiger charge is -2.08. The molecule has 2 aromatic carbocycles. The van der Waals surface area contributed by atoms with Crippen LogP contribution in [-0.4, -0.2) is 42.7 Å². The quantitative estimate of drug-likeness (QED) is 0.382. The molecule has 0 spiro atoms. The minimum absolute atomic E-state index is 0.177. The highest BCUT2D eigenvalue weighted by atomic mass is 32.2. The van der Waals surface area contributed by atoms with Gasteiger partial charge in [-0.1, -0.05) is 35.6 Å². The zero-order chi connectivity index (χ0) is 20.5. The SMILES string of the molecule is COCCSc1ccccc1C(=O)Nc1nnc(CCc2ccc(OC)cc2)s1. The van der Waals surface area contributed by atoms with E-state index in [2.05, 4.69) is 15.5 Å². The molecule has 3 aromatic rings. The summed E-state index contributed by atoms with van der Waals surface area (Å²) < 4.78 is 10.3. The normalized spacial score (nSPS) is 10.7. The molecule has 1 amide bonds. The maximum absolute atomic E-state index is 12.7. The molecule has 8 heteroatoms. The molecule has 1 aromatic heterocycles. The van der Waals surface area contributed by atoms with Crippen molar-refractivity contribution in [2.45, 2.75) is 17.7 Å².